The zero-order valence-electron chi connectivity index (χ0n) is 12.6. The van der Waals surface area contributed by atoms with Crippen LogP contribution in [-0.4, -0.2) is 49.3 Å². The van der Waals surface area contributed by atoms with Crippen molar-refractivity contribution in [2.24, 2.45) is 0 Å². The molecule has 0 saturated heterocycles. The van der Waals surface area contributed by atoms with E-state index in [-0.39, 0.29) is 6.29 Å². The van der Waals surface area contributed by atoms with Gasteiger partial charge >= 0.3 is 0 Å². The van der Waals surface area contributed by atoms with Crippen LogP contribution in [0, 0.1) is 0 Å². The van der Waals surface area contributed by atoms with Crippen LogP contribution >= 0.6 is 0 Å². The summed E-state index contributed by atoms with van der Waals surface area (Å²) in [5, 5.41) is 0. The van der Waals surface area contributed by atoms with Gasteiger partial charge in [0, 0.05) is 23.8 Å². The lowest BCUT2D eigenvalue weighted by Crippen LogP contribution is -2.51. The van der Waals surface area contributed by atoms with Crippen LogP contribution in [0.4, 0.5) is 11.4 Å². The van der Waals surface area contributed by atoms with Gasteiger partial charge in [0.15, 0.2) is 0 Å². The number of anilines is 2. The topological polar surface area (TPSA) is 22.6 Å². The van der Waals surface area contributed by atoms with E-state index in [0.717, 1.165) is 11.4 Å². The Morgan fingerprint density at radius 1 is 0.750 bits per heavy atom. The fourth-order valence-corrected chi connectivity index (χ4v) is 2.43. The normalized spacial score (nSPS) is 11.3. The van der Waals surface area contributed by atoms with Crippen molar-refractivity contribution in [3.05, 3.63) is 54.9 Å². The summed E-state index contributed by atoms with van der Waals surface area (Å²) >= 11 is 0. The number of nitrogens with zero attached hydrogens (tertiary/aromatic N) is 4. The van der Waals surface area contributed by atoms with E-state index in [1.807, 2.05) is 30.6 Å². The molecule has 4 nitrogen and oxygen atoms in total. The Hall–Kier alpha value is -1.91. The van der Waals surface area contributed by atoms with E-state index in [0.29, 0.717) is 0 Å². The monoisotopic (exact) mass is 270 g/mol. The van der Waals surface area contributed by atoms with Crippen molar-refractivity contribution in [2.75, 3.05) is 33.1 Å². The summed E-state index contributed by atoms with van der Waals surface area (Å²) in [6.07, 6.45) is 3.78. The van der Waals surface area contributed by atoms with Gasteiger partial charge in [0.05, 0.1) is 0 Å². The number of rotatable bonds is 5. The third kappa shape index (κ3) is 3.15. The van der Waals surface area contributed by atoms with Crippen molar-refractivity contribution in [3.8, 4) is 0 Å². The summed E-state index contributed by atoms with van der Waals surface area (Å²) < 4.78 is 0. The van der Waals surface area contributed by atoms with E-state index in [1.165, 1.54) is 0 Å². The minimum atomic E-state index is 0.125. The standard InChI is InChI=1S/C16H22N4/c1-18(2)16(19(3)4)20(14-8-6-5-7-9-14)15-10-12-17-13-11-15/h5-13,16H,1-4H3. The third-order valence-corrected chi connectivity index (χ3v) is 3.13. The van der Waals surface area contributed by atoms with E-state index in [2.05, 4.69) is 72.1 Å². The quantitative estimate of drug-likeness (QED) is 0.779. The van der Waals surface area contributed by atoms with Crippen molar-refractivity contribution in [1.82, 2.24) is 14.8 Å². The average Bonchev–Trinajstić information content (AvgIpc) is 2.45. The molecule has 0 atom stereocenters. The third-order valence-electron chi connectivity index (χ3n) is 3.13. The van der Waals surface area contributed by atoms with Gasteiger partial charge < -0.3 is 4.90 Å². The molecule has 0 fully saturated rings. The molecule has 1 aromatic heterocycles. The molecule has 0 unspecified atom stereocenters. The molecule has 0 bridgehead atoms. The Kier molecular flexibility index (Phi) is 4.71. The lowest BCUT2D eigenvalue weighted by molar-refractivity contribution is 0.135. The zero-order chi connectivity index (χ0) is 14.5. The summed E-state index contributed by atoms with van der Waals surface area (Å²) in [6.45, 7) is 0. The molecular formula is C16H22N4. The molecule has 4 heteroatoms. The second-order valence-corrected chi connectivity index (χ2v) is 5.18. The summed E-state index contributed by atoms with van der Waals surface area (Å²) in [5.41, 5.74) is 2.28. The predicted octanol–water partition coefficient (Wildman–Crippen LogP) is 2.63. The molecule has 106 valence electrons. The predicted molar refractivity (Wildman–Crippen MR) is 84.0 cm³/mol. The van der Waals surface area contributed by atoms with Crippen LogP contribution in [0.5, 0.6) is 0 Å². The van der Waals surface area contributed by atoms with E-state index < -0.39 is 0 Å². The van der Waals surface area contributed by atoms with Crippen molar-refractivity contribution in [2.45, 2.75) is 6.29 Å². The molecule has 1 aromatic carbocycles. The number of aromatic nitrogens is 1. The first-order chi connectivity index (χ1) is 9.61. The maximum absolute atomic E-state index is 4.12. The molecule has 2 rings (SSSR count). The first kappa shape index (κ1) is 14.5. The van der Waals surface area contributed by atoms with E-state index >= 15 is 0 Å². The Bertz CT molecular complexity index is 463. The fraction of sp³-hybridized carbons (Fsp3) is 0.312. The van der Waals surface area contributed by atoms with Gasteiger partial charge in [-0.1, -0.05) is 18.2 Å². The highest BCUT2D eigenvalue weighted by atomic mass is 15.5. The van der Waals surface area contributed by atoms with Gasteiger partial charge in [0.25, 0.3) is 0 Å². The fourth-order valence-electron chi connectivity index (χ4n) is 2.43. The Morgan fingerprint density at radius 2 is 1.25 bits per heavy atom. The van der Waals surface area contributed by atoms with Gasteiger partial charge in [0.2, 0.25) is 0 Å². The molecule has 0 N–H and O–H groups in total. The number of para-hydroxylation sites is 1. The molecule has 1 heterocycles. The van der Waals surface area contributed by atoms with Crippen LogP contribution in [0.1, 0.15) is 0 Å². The van der Waals surface area contributed by atoms with Crippen LogP contribution in [0.25, 0.3) is 0 Å². The Morgan fingerprint density at radius 3 is 1.75 bits per heavy atom. The molecule has 0 aliphatic rings. The van der Waals surface area contributed by atoms with Crippen LogP contribution in [0.15, 0.2) is 54.9 Å². The first-order valence-electron chi connectivity index (χ1n) is 6.68. The van der Waals surface area contributed by atoms with Crippen molar-refractivity contribution < 1.29 is 0 Å². The van der Waals surface area contributed by atoms with E-state index in [9.17, 15) is 0 Å². The van der Waals surface area contributed by atoms with Crippen LogP contribution in [-0.2, 0) is 0 Å². The average molecular weight is 270 g/mol. The lowest BCUT2D eigenvalue weighted by Gasteiger charge is -2.41. The Labute approximate surface area is 121 Å². The second kappa shape index (κ2) is 6.50. The summed E-state index contributed by atoms with van der Waals surface area (Å²) in [6, 6.07) is 14.5. The minimum Gasteiger partial charge on any atom is -0.312 e. The van der Waals surface area contributed by atoms with Gasteiger partial charge in [0.1, 0.15) is 6.29 Å². The second-order valence-electron chi connectivity index (χ2n) is 5.18. The maximum Gasteiger partial charge on any atom is 0.143 e. The molecule has 0 radical (unpaired) electrons. The highest BCUT2D eigenvalue weighted by Gasteiger charge is 2.24. The Balaban J connectivity index is 2.49. The van der Waals surface area contributed by atoms with Gasteiger partial charge in [-0.3, -0.25) is 14.8 Å². The molecule has 0 aliphatic heterocycles. The van der Waals surface area contributed by atoms with Crippen LogP contribution in [0.2, 0.25) is 0 Å². The lowest BCUT2D eigenvalue weighted by atomic mass is 10.2. The minimum absolute atomic E-state index is 0.125. The number of hydrogen-bond acceptors (Lipinski definition) is 4. The molecule has 0 saturated carbocycles. The van der Waals surface area contributed by atoms with Crippen molar-refractivity contribution in [1.29, 1.82) is 0 Å². The number of benzene rings is 1. The summed E-state index contributed by atoms with van der Waals surface area (Å²) in [7, 11) is 8.34. The van der Waals surface area contributed by atoms with Gasteiger partial charge in [-0.05, 0) is 52.5 Å². The number of hydrogen-bond donors (Lipinski definition) is 0. The molecule has 20 heavy (non-hydrogen) atoms. The van der Waals surface area contributed by atoms with Crippen LogP contribution < -0.4 is 4.90 Å². The zero-order valence-corrected chi connectivity index (χ0v) is 12.6. The van der Waals surface area contributed by atoms with E-state index in [1.54, 1.807) is 0 Å². The SMILES string of the molecule is CN(C)C(N(C)C)N(c1ccccc1)c1ccncc1. The molecule has 0 aliphatic carbocycles. The summed E-state index contributed by atoms with van der Waals surface area (Å²) in [5.74, 6) is 0. The maximum atomic E-state index is 4.12. The highest BCUT2D eigenvalue weighted by molar-refractivity contribution is 5.63. The number of pyridine rings is 1. The van der Waals surface area contributed by atoms with Crippen molar-refractivity contribution >= 4 is 11.4 Å². The summed E-state index contributed by atoms with van der Waals surface area (Å²) in [4.78, 5) is 10.8. The van der Waals surface area contributed by atoms with Gasteiger partial charge in [-0.25, -0.2) is 0 Å². The highest BCUT2D eigenvalue weighted by Crippen LogP contribution is 2.28. The van der Waals surface area contributed by atoms with E-state index in [4.69, 9.17) is 0 Å². The van der Waals surface area contributed by atoms with Crippen LogP contribution in [0.3, 0.4) is 0 Å². The molecule has 0 amide bonds. The first-order valence-corrected chi connectivity index (χ1v) is 6.68. The largest absolute Gasteiger partial charge is 0.312 e. The molecular weight excluding hydrogens is 248 g/mol. The van der Waals surface area contributed by atoms with Gasteiger partial charge in [-0.15, -0.1) is 0 Å². The smallest absolute Gasteiger partial charge is 0.143 e. The van der Waals surface area contributed by atoms with Crippen molar-refractivity contribution in [3.63, 3.8) is 0 Å². The molecule has 0 spiro atoms. The van der Waals surface area contributed by atoms with Gasteiger partial charge in [-0.2, -0.15) is 0 Å². The molecule has 2 aromatic rings.